The Labute approximate surface area is 175 Å². The van der Waals surface area contributed by atoms with E-state index in [0.29, 0.717) is 19.1 Å². The van der Waals surface area contributed by atoms with Crippen molar-refractivity contribution in [3.8, 4) is 11.8 Å². The molecule has 29 heavy (non-hydrogen) atoms. The van der Waals surface area contributed by atoms with Gasteiger partial charge in [0.1, 0.15) is 5.75 Å². The van der Waals surface area contributed by atoms with E-state index < -0.39 is 10.6 Å². The van der Waals surface area contributed by atoms with Crippen LogP contribution in [0.3, 0.4) is 0 Å². The molecule has 5 nitrogen and oxygen atoms in total. The zero-order valence-electron chi connectivity index (χ0n) is 17.1. The van der Waals surface area contributed by atoms with Crippen LogP contribution in [-0.4, -0.2) is 37.7 Å². The standard InChI is InChI=1S/C23H28N3O2S/c1-3-25-29(27)22-7-8-23(18(2)13-22)28-17-21-10-12-26(16-21)11-9-19-5-4-6-20(14-19)15-24/h4-8,13-14,21H,3,9-12,16-17H2,1-2H3/q-1. The summed E-state index contributed by atoms with van der Waals surface area (Å²) in [6.45, 7) is 8.24. The van der Waals surface area contributed by atoms with Crippen LogP contribution < -0.4 is 4.74 Å². The van der Waals surface area contributed by atoms with Crippen molar-refractivity contribution >= 4 is 10.6 Å². The largest absolute Gasteiger partial charge is 0.493 e. The van der Waals surface area contributed by atoms with Crippen molar-refractivity contribution in [1.82, 2.24) is 4.90 Å². The average Bonchev–Trinajstić information content (AvgIpc) is 3.19. The average molecular weight is 411 g/mol. The van der Waals surface area contributed by atoms with Gasteiger partial charge in [-0.25, -0.2) is 0 Å². The fourth-order valence-corrected chi connectivity index (χ4v) is 4.47. The quantitative estimate of drug-likeness (QED) is 0.607. The Bertz CT molecular complexity index is 961. The SMILES string of the molecule is CCN=[S-](=O)c1ccc(OCC2CCN(CCc3cccc(C#N)c3)C2)c(C)c1. The van der Waals surface area contributed by atoms with Crippen LogP contribution in [-0.2, 0) is 21.2 Å². The number of benzene rings is 2. The minimum absolute atomic E-state index is 0.517. The van der Waals surface area contributed by atoms with Gasteiger partial charge in [-0.1, -0.05) is 29.2 Å². The van der Waals surface area contributed by atoms with E-state index in [0.717, 1.165) is 54.2 Å². The molecule has 3 rings (SSSR count). The molecule has 0 aromatic heterocycles. The lowest BCUT2D eigenvalue weighted by Crippen LogP contribution is -2.24. The van der Waals surface area contributed by atoms with Crippen molar-refractivity contribution in [1.29, 1.82) is 5.26 Å². The molecule has 0 spiro atoms. The van der Waals surface area contributed by atoms with Crippen molar-refractivity contribution < 1.29 is 8.95 Å². The first-order valence-corrected chi connectivity index (χ1v) is 11.2. The number of ether oxygens (including phenoxy) is 1. The van der Waals surface area contributed by atoms with Crippen LogP contribution in [0, 0.1) is 24.2 Å². The molecule has 2 aromatic rings. The summed E-state index contributed by atoms with van der Waals surface area (Å²) in [5.74, 6) is 1.37. The lowest BCUT2D eigenvalue weighted by Gasteiger charge is -2.17. The molecule has 1 atom stereocenters. The molecule has 1 saturated heterocycles. The van der Waals surface area contributed by atoms with Gasteiger partial charge in [0.2, 0.25) is 0 Å². The molecular formula is C23H28N3O2S-. The van der Waals surface area contributed by atoms with E-state index in [1.54, 1.807) is 0 Å². The second-order valence-electron chi connectivity index (χ2n) is 7.45. The molecule has 0 saturated carbocycles. The van der Waals surface area contributed by atoms with Crippen molar-refractivity contribution in [2.45, 2.75) is 31.6 Å². The molecule has 0 aliphatic carbocycles. The third-order valence-electron chi connectivity index (χ3n) is 5.21. The van der Waals surface area contributed by atoms with Crippen molar-refractivity contribution in [3.05, 3.63) is 59.2 Å². The van der Waals surface area contributed by atoms with E-state index in [9.17, 15) is 4.21 Å². The monoisotopic (exact) mass is 410 g/mol. The highest BCUT2D eigenvalue weighted by Gasteiger charge is 2.22. The third-order valence-corrected chi connectivity index (χ3v) is 6.36. The number of hydrogen-bond donors (Lipinski definition) is 0. The van der Waals surface area contributed by atoms with Crippen molar-refractivity contribution in [2.24, 2.45) is 10.3 Å². The van der Waals surface area contributed by atoms with Crippen LogP contribution in [0.1, 0.15) is 30.0 Å². The highest BCUT2D eigenvalue weighted by molar-refractivity contribution is 7.74. The topological polar surface area (TPSA) is 65.7 Å². The summed E-state index contributed by atoms with van der Waals surface area (Å²) >= 11 is 0. The molecule has 1 fully saturated rings. The van der Waals surface area contributed by atoms with Gasteiger partial charge < -0.3 is 18.2 Å². The van der Waals surface area contributed by atoms with E-state index in [4.69, 9.17) is 10.00 Å². The molecule has 0 amide bonds. The Morgan fingerprint density at radius 1 is 1.31 bits per heavy atom. The smallest absolute Gasteiger partial charge is 0.122 e. The van der Waals surface area contributed by atoms with Crippen LogP contribution in [0.15, 0.2) is 51.7 Å². The molecule has 0 N–H and O–H groups in total. The summed E-state index contributed by atoms with van der Waals surface area (Å²) < 4.78 is 22.1. The summed E-state index contributed by atoms with van der Waals surface area (Å²) in [5, 5.41) is 9.02. The molecule has 1 unspecified atom stereocenters. The molecule has 1 heterocycles. The molecule has 154 valence electrons. The maximum Gasteiger partial charge on any atom is 0.122 e. The minimum atomic E-state index is -1.29. The number of nitrogens with zero attached hydrogens (tertiary/aromatic N) is 3. The van der Waals surface area contributed by atoms with Gasteiger partial charge in [-0.3, -0.25) is 0 Å². The number of likely N-dealkylation sites (tertiary alicyclic amines) is 1. The summed E-state index contributed by atoms with van der Waals surface area (Å²) in [6.07, 6.45) is 2.10. The summed E-state index contributed by atoms with van der Waals surface area (Å²) in [6, 6.07) is 15.7. The predicted molar refractivity (Wildman–Crippen MR) is 115 cm³/mol. The minimum Gasteiger partial charge on any atom is -0.493 e. The van der Waals surface area contributed by atoms with Crippen molar-refractivity contribution in [3.63, 3.8) is 0 Å². The number of rotatable bonds is 8. The predicted octanol–water partition coefficient (Wildman–Crippen LogP) is 4.34. The second kappa shape index (κ2) is 10.4. The zero-order valence-corrected chi connectivity index (χ0v) is 18.0. The maximum atomic E-state index is 12.0. The number of nitriles is 1. The van der Waals surface area contributed by atoms with E-state index >= 15 is 0 Å². The normalized spacial score (nSPS) is 17.9. The molecule has 1 aliphatic rings. The van der Waals surface area contributed by atoms with Crippen LogP contribution in [0.4, 0.5) is 0 Å². The van der Waals surface area contributed by atoms with Crippen LogP contribution in [0.2, 0.25) is 0 Å². The Balaban J connectivity index is 1.47. The van der Waals surface area contributed by atoms with E-state index in [1.165, 1.54) is 5.56 Å². The van der Waals surface area contributed by atoms with E-state index in [2.05, 4.69) is 21.4 Å². The highest BCUT2D eigenvalue weighted by atomic mass is 32.2. The number of hydrogen-bond acceptors (Lipinski definition) is 6. The maximum absolute atomic E-state index is 12.0. The van der Waals surface area contributed by atoms with Crippen LogP contribution in [0.25, 0.3) is 0 Å². The van der Waals surface area contributed by atoms with Gasteiger partial charge in [0, 0.05) is 25.6 Å². The fourth-order valence-electron chi connectivity index (χ4n) is 3.63. The first-order valence-electron chi connectivity index (χ1n) is 10.1. The lowest BCUT2D eigenvalue weighted by atomic mass is 10.1. The first kappa shape index (κ1) is 21.4. The zero-order chi connectivity index (χ0) is 20.6. The second-order valence-corrected chi connectivity index (χ2v) is 8.68. The molecular weight excluding hydrogens is 382 g/mol. The Morgan fingerprint density at radius 2 is 2.17 bits per heavy atom. The van der Waals surface area contributed by atoms with Gasteiger partial charge in [0.05, 0.1) is 18.2 Å². The van der Waals surface area contributed by atoms with E-state index in [-0.39, 0.29) is 0 Å². The summed E-state index contributed by atoms with van der Waals surface area (Å²) in [5.41, 5.74) is 2.94. The molecule has 0 radical (unpaired) electrons. The Morgan fingerprint density at radius 3 is 2.93 bits per heavy atom. The molecule has 1 aliphatic heterocycles. The van der Waals surface area contributed by atoms with Crippen LogP contribution >= 0.6 is 0 Å². The molecule has 2 aromatic carbocycles. The van der Waals surface area contributed by atoms with Gasteiger partial charge in [0.15, 0.2) is 0 Å². The van der Waals surface area contributed by atoms with Gasteiger partial charge >= 0.3 is 0 Å². The van der Waals surface area contributed by atoms with Crippen LogP contribution in [0.5, 0.6) is 5.75 Å². The fraction of sp³-hybridized carbons (Fsp3) is 0.435. The van der Waals surface area contributed by atoms with Gasteiger partial charge in [-0.05, 0) is 62.6 Å². The highest BCUT2D eigenvalue weighted by Crippen LogP contribution is 2.23. The Hall–Kier alpha value is -2.36. The van der Waals surface area contributed by atoms with Gasteiger partial charge in [0.25, 0.3) is 0 Å². The lowest BCUT2D eigenvalue weighted by molar-refractivity contribution is 0.240. The summed E-state index contributed by atoms with van der Waals surface area (Å²) in [7, 11) is -1.29. The molecule has 0 bridgehead atoms. The van der Waals surface area contributed by atoms with Crippen molar-refractivity contribution in [2.75, 3.05) is 32.8 Å². The van der Waals surface area contributed by atoms with Gasteiger partial charge in [-0.2, -0.15) is 15.9 Å². The van der Waals surface area contributed by atoms with E-state index in [1.807, 2.05) is 50.2 Å². The van der Waals surface area contributed by atoms with Gasteiger partial charge in [-0.15, -0.1) is 0 Å². The number of aryl methyl sites for hydroxylation is 1. The Kier molecular flexibility index (Phi) is 7.68. The first-order chi connectivity index (χ1) is 14.1. The summed E-state index contributed by atoms with van der Waals surface area (Å²) in [4.78, 5) is 3.20. The molecule has 6 heteroatoms. The third kappa shape index (κ3) is 6.06.